The highest BCUT2D eigenvalue weighted by Crippen LogP contribution is 2.20. The van der Waals surface area contributed by atoms with Crippen LogP contribution < -0.4 is 0 Å². The van der Waals surface area contributed by atoms with E-state index in [0.29, 0.717) is 18.8 Å². The van der Waals surface area contributed by atoms with Crippen LogP contribution in [0, 0.1) is 17.2 Å². The van der Waals surface area contributed by atoms with E-state index >= 15 is 0 Å². The standard InChI is InChI=1S/C16H24N2O3/c1-2-3-7-15(19)11-14-6-4-5-9-18(12-14)13-16(20)21-10-8-17/h2,14H,1,3-7,9-13H2/t14-/m1/s1. The van der Waals surface area contributed by atoms with E-state index < -0.39 is 0 Å². The number of likely N-dealkylation sites (tertiary alicyclic amines) is 1. The first-order chi connectivity index (χ1) is 10.2. The average molecular weight is 292 g/mol. The van der Waals surface area contributed by atoms with Gasteiger partial charge in [0.25, 0.3) is 0 Å². The summed E-state index contributed by atoms with van der Waals surface area (Å²) in [7, 11) is 0. The van der Waals surface area contributed by atoms with Gasteiger partial charge in [-0.2, -0.15) is 5.26 Å². The second-order valence-electron chi connectivity index (χ2n) is 5.49. The van der Waals surface area contributed by atoms with Crippen LogP contribution in [0.4, 0.5) is 0 Å². The summed E-state index contributed by atoms with van der Waals surface area (Å²) in [6.45, 7) is 5.24. The minimum Gasteiger partial charge on any atom is -0.449 e. The van der Waals surface area contributed by atoms with Crippen molar-refractivity contribution in [2.75, 3.05) is 26.2 Å². The number of ether oxygens (including phenoxy) is 1. The van der Waals surface area contributed by atoms with E-state index in [1.54, 1.807) is 12.1 Å². The molecule has 0 bridgehead atoms. The fourth-order valence-corrected chi connectivity index (χ4v) is 2.65. The number of esters is 1. The van der Waals surface area contributed by atoms with E-state index in [4.69, 9.17) is 10.00 Å². The van der Waals surface area contributed by atoms with Gasteiger partial charge in [0.1, 0.15) is 11.9 Å². The van der Waals surface area contributed by atoms with Crippen molar-refractivity contribution in [3.05, 3.63) is 12.7 Å². The number of ketones is 1. The highest BCUT2D eigenvalue weighted by Gasteiger charge is 2.22. The van der Waals surface area contributed by atoms with Gasteiger partial charge in [-0.25, -0.2) is 0 Å². The molecule has 0 aromatic carbocycles. The van der Waals surface area contributed by atoms with Crippen LogP contribution in [0.5, 0.6) is 0 Å². The summed E-state index contributed by atoms with van der Waals surface area (Å²) in [4.78, 5) is 25.5. The molecule has 0 unspecified atom stereocenters. The third-order valence-electron chi connectivity index (χ3n) is 3.65. The lowest BCUT2D eigenvalue weighted by molar-refractivity contribution is -0.143. The molecule has 0 radical (unpaired) electrons. The summed E-state index contributed by atoms with van der Waals surface area (Å²) in [5.41, 5.74) is 0. The second-order valence-corrected chi connectivity index (χ2v) is 5.49. The third-order valence-corrected chi connectivity index (χ3v) is 3.65. The van der Waals surface area contributed by atoms with Crippen molar-refractivity contribution < 1.29 is 14.3 Å². The van der Waals surface area contributed by atoms with Crippen molar-refractivity contribution in [2.45, 2.75) is 38.5 Å². The van der Waals surface area contributed by atoms with Gasteiger partial charge in [0.15, 0.2) is 6.61 Å². The average Bonchev–Trinajstić information content (AvgIpc) is 2.68. The quantitative estimate of drug-likeness (QED) is 0.506. The molecule has 0 N–H and O–H groups in total. The van der Waals surface area contributed by atoms with Crippen LogP contribution in [0.2, 0.25) is 0 Å². The minimum atomic E-state index is -0.366. The molecule has 5 heteroatoms. The maximum atomic E-state index is 11.9. The number of allylic oxidation sites excluding steroid dienone is 1. The minimum absolute atomic E-state index is 0.198. The van der Waals surface area contributed by atoms with Crippen molar-refractivity contribution in [3.63, 3.8) is 0 Å². The molecule has 5 nitrogen and oxygen atoms in total. The monoisotopic (exact) mass is 292 g/mol. The molecule has 1 heterocycles. The molecule has 0 aromatic rings. The smallest absolute Gasteiger partial charge is 0.321 e. The van der Waals surface area contributed by atoms with E-state index in [-0.39, 0.29) is 24.9 Å². The first-order valence-corrected chi connectivity index (χ1v) is 7.53. The van der Waals surface area contributed by atoms with E-state index in [1.165, 1.54) is 0 Å². The topological polar surface area (TPSA) is 70.4 Å². The molecule has 0 saturated carbocycles. The maximum Gasteiger partial charge on any atom is 0.321 e. The molecule has 1 atom stereocenters. The number of rotatable bonds is 8. The van der Waals surface area contributed by atoms with Gasteiger partial charge in [-0.1, -0.05) is 12.5 Å². The van der Waals surface area contributed by atoms with Crippen LogP contribution in [0.1, 0.15) is 38.5 Å². The Morgan fingerprint density at radius 1 is 1.43 bits per heavy atom. The zero-order valence-electron chi connectivity index (χ0n) is 12.6. The van der Waals surface area contributed by atoms with E-state index in [0.717, 1.165) is 38.8 Å². The summed E-state index contributed by atoms with van der Waals surface area (Å²) in [6.07, 6.45) is 6.79. The highest BCUT2D eigenvalue weighted by atomic mass is 16.5. The Hall–Kier alpha value is -1.67. The van der Waals surface area contributed by atoms with Gasteiger partial charge in [0.2, 0.25) is 0 Å². The lowest BCUT2D eigenvalue weighted by Crippen LogP contribution is -2.35. The number of nitrogens with zero attached hydrogens (tertiary/aromatic N) is 2. The van der Waals surface area contributed by atoms with Crippen LogP contribution in [-0.4, -0.2) is 42.9 Å². The SMILES string of the molecule is C=CCCC(=O)C[C@H]1CCCCN(CC(=O)OCC#N)C1. The number of Topliss-reactive ketones (excluding diaryl/α,β-unsaturated/α-hetero) is 1. The van der Waals surface area contributed by atoms with E-state index in [1.807, 2.05) is 4.90 Å². The molecule has 0 amide bonds. The fourth-order valence-electron chi connectivity index (χ4n) is 2.65. The van der Waals surface area contributed by atoms with Crippen molar-refractivity contribution in [1.82, 2.24) is 4.90 Å². The first-order valence-electron chi connectivity index (χ1n) is 7.53. The lowest BCUT2D eigenvalue weighted by Gasteiger charge is -2.22. The summed E-state index contributed by atoms with van der Waals surface area (Å²) in [6, 6.07) is 1.79. The molecule has 0 aromatic heterocycles. The summed E-state index contributed by atoms with van der Waals surface area (Å²) < 4.78 is 4.78. The van der Waals surface area contributed by atoms with Crippen LogP contribution >= 0.6 is 0 Å². The van der Waals surface area contributed by atoms with Gasteiger partial charge in [-0.05, 0) is 31.7 Å². The molecule has 0 spiro atoms. The van der Waals surface area contributed by atoms with Crippen molar-refractivity contribution in [1.29, 1.82) is 5.26 Å². The van der Waals surface area contributed by atoms with Gasteiger partial charge in [-0.3, -0.25) is 14.5 Å². The number of nitriles is 1. The molecule has 116 valence electrons. The Morgan fingerprint density at radius 2 is 2.24 bits per heavy atom. The summed E-state index contributed by atoms with van der Waals surface area (Å²) in [5, 5.41) is 8.39. The van der Waals surface area contributed by atoms with Crippen LogP contribution in [0.3, 0.4) is 0 Å². The van der Waals surface area contributed by atoms with Gasteiger partial charge in [0.05, 0.1) is 6.54 Å². The van der Waals surface area contributed by atoms with Gasteiger partial charge < -0.3 is 4.74 Å². The molecular formula is C16H24N2O3. The predicted octanol–water partition coefficient (Wildman–Crippen LogP) is 2.08. The number of hydrogen-bond donors (Lipinski definition) is 0. The highest BCUT2D eigenvalue weighted by molar-refractivity contribution is 5.78. The van der Waals surface area contributed by atoms with Gasteiger partial charge >= 0.3 is 5.97 Å². The largest absolute Gasteiger partial charge is 0.449 e. The molecule has 1 fully saturated rings. The van der Waals surface area contributed by atoms with E-state index in [9.17, 15) is 9.59 Å². The van der Waals surface area contributed by atoms with Crippen LogP contribution in [0.25, 0.3) is 0 Å². The predicted molar refractivity (Wildman–Crippen MR) is 79.4 cm³/mol. The zero-order chi connectivity index (χ0) is 15.5. The number of carbonyl (C=O) groups excluding carboxylic acids is 2. The summed E-state index contributed by atoms with van der Waals surface area (Å²) >= 11 is 0. The van der Waals surface area contributed by atoms with Crippen LogP contribution in [0.15, 0.2) is 12.7 Å². The molecular weight excluding hydrogens is 268 g/mol. The molecule has 1 aliphatic heterocycles. The van der Waals surface area contributed by atoms with Crippen LogP contribution in [-0.2, 0) is 14.3 Å². The number of hydrogen-bond acceptors (Lipinski definition) is 5. The van der Waals surface area contributed by atoms with Crippen molar-refractivity contribution in [3.8, 4) is 6.07 Å². The van der Waals surface area contributed by atoms with Crippen molar-refractivity contribution >= 4 is 11.8 Å². The van der Waals surface area contributed by atoms with Gasteiger partial charge in [-0.15, -0.1) is 6.58 Å². The Balaban J connectivity index is 2.41. The Kier molecular flexibility index (Phi) is 8.37. The van der Waals surface area contributed by atoms with Crippen molar-refractivity contribution in [2.24, 2.45) is 5.92 Å². The summed E-state index contributed by atoms with van der Waals surface area (Å²) in [5.74, 6) is 0.220. The number of carbonyl (C=O) groups is 2. The Morgan fingerprint density at radius 3 is 2.95 bits per heavy atom. The zero-order valence-corrected chi connectivity index (χ0v) is 12.6. The fraction of sp³-hybridized carbons (Fsp3) is 0.688. The Bertz CT molecular complexity index is 401. The van der Waals surface area contributed by atoms with E-state index in [2.05, 4.69) is 6.58 Å². The molecule has 0 aliphatic carbocycles. The molecule has 1 saturated heterocycles. The third kappa shape index (κ3) is 7.62. The second kappa shape index (κ2) is 10.1. The molecule has 21 heavy (non-hydrogen) atoms. The first kappa shape index (κ1) is 17.4. The molecule has 1 rings (SSSR count). The Labute approximate surface area is 126 Å². The maximum absolute atomic E-state index is 11.9. The molecule has 1 aliphatic rings. The normalized spacial score (nSPS) is 19.3. The van der Waals surface area contributed by atoms with Gasteiger partial charge in [0, 0.05) is 19.4 Å². The lowest BCUT2D eigenvalue weighted by atomic mass is 9.95.